The van der Waals surface area contributed by atoms with Gasteiger partial charge in [0.05, 0.1) is 6.04 Å². The van der Waals surface area contributed by atoms with Gasteiger partial charge in [-0.3, -0.25) is 4.79 Å². The van der Waals surface area contributed by atoms with Crippen LogP contribution in [0.15, 0.2) is 47.5 Å². The molecule has 2 aromatic rings. The third-order valence-corrected chi connectivity index (χ3v) is 4.19. The second kappa shape index (κ2) is 11.1. The Bertz CT molecular complexity index is 768. The molecular formula is C21H31IN4O. The van der Waals surface area contributed by atoms with E-state index in [9.17, 15) is 4.79 Å². The van der Waals surface area contributed by atoms with E-state index in [0.29, 0.717) is 11.9 Å². The first-order valence-corrected chi connectivity index (χ1v) is 9.11. The first kappa shape index (κ1) is 23.2. The van der Waals surface area contributed by atoms with E-state index in [1.165, 1.54) is 16.3 Å². The molecule has 5 nitrogen and oxygen atoms in total. The van der Waals surface area contributed by atoms with Crippen molar-refractivity contribution in [1.29, 1.82) is 0 Å². The smallest absolute Gasteiger partial charge is 0.243 e. The first-order chi connectivity index (χ1) is 12.4. The Hall–Kier alpha value is -1.83. The summed E-state index contributed by atoms with van der Waals surface area (Å²) in [6.07, 6.45) is 0. The van der Waals surface area contributed by atoms with Crippen molar-refractivity contribution in [2.75, 3.05) is 27.2 Å². The Morgan fingerprint density at radius 2 is 1.74 bits per heavy atom. The number of carbonyl (C=O) groups excluding carboxylic acids is 1. The number of rotatable bonds is 6. The van der Waals surface area contributed by atoms with Gasteiger partial charge in [-0.2, -0.15) is 0 Å². The van der Waals surface area contributed by atoms with Gasteiger partial charge >= 0.3 is 0 Å². The lowest BCUT2D eigenvalue weighted by molar-refractivity contribution is -0.127. The summed E-state index contributed by atoms with van der Waals surface area (Å²) in [4.78, 5) is 17.9. The Morgan fingerprint density at radius 3 is 2.41 bits per heavy atom. The molecule has 1 atom stereocenters. The van der Waals surface area contributed by atoms with Gasteiger partial charge in [-0.25, -0.2) is 4.99 Å². The zero-order chi connectivity index (χ0) is 19.1. The predicted octanol–water partition coefficient (Wildman–Crippen LogP) is 3.80. The number of fused-ring (bicyclic) bond motifs is 1. The maximum atomic E-state index is 11.9. The van der Waals surface area contributed by atoms with Gasteiger partial charge in [-0.1, -0.05) is 56.3 Å². The largest absolute Gasteiger partial charge is 0.356 e. The minimum Gasteiger partial charge on any atom is -0.356 e. The van der Waals surface area contributed by atoms with Crippen molar-refractivity contribution in [2.45, 2.75) is 26.8 Å². The number of aliphatic imine (C=N–C) groups is 1. The van der Waals surface area contributed by atoms with Gasteiger partial charge < -0.3 is 15.5 Å². The maximum Gasteiger partial charge on any atom is 0.243 e. The summed E-state index contributed by atoms with van der Waals surface area (Å²) in [7, 11) is 3.48. The summed E-state index contributed by atoms with van der Waals surface area (Å²) in [5, 5.41) is 9.22. The highest BCUT2D eigenvalue weighted by Gasteiger charge is 2.12. The van der Waals surface area contributed by atoms with Crippen LogP contribution in [0.25, 0.3) is 10.8 Å². The number of benzene rings is 2. The van der Waals surface area contributed by atoms with Crippen LogP contribution in [-0.2, 0) is 4.79 Å². The Kier molecular flexibility index (Phi) is 9.55. The van der Waals surface area contributed by atoms with E-state index < -0.39 is 0 Å². The standard InChI is InChI=1S/C21H30N4O.HI/c1-15(2)13-22-21(23-14-20(26)25(4)5)24-16(3)18-12-8-10-17-9-6-7-11-19(17)18;/h6-12,15-16H,13-14H2,1-5H3,(H2,22,23,24);1H. The van der Waals surface area contributed by atoms with Crippen molar-refractivity contribution in [3.63, 3.8) is 0 Å². The number of carbonyl (C=O) groups is 1. The molecule has 0 saturated heterocycles. The second-order valence-corrected chi connectivity index (χ2v) is 7.16. The third kappa shape index (κ3) is 7.01. The summed E-state index contributed by atoms with van der Waals surface area (Å²) in [6, 6.07) is 14.7. The molecule has 0 aliphatic carbocycles. The van der Waals surface area contributed by atoms with E-state index >= 15 is 0 Å². The topological polar surface area (TPSA) is 56.7 Å². The third-order valence-electron chi connectivity index (χ3n) is 4.19. The molecule has 0 saturated carbocycles. The summed E-state index contributed by atoms with van der Waals surface area (Å²) < 4.78 is 0. The molecule has 1 unspecified atom stereocenters. The molecule has 0 aliphatic rings. The van der Waals surface area contributed by atoms with Crippen molar-refractivity contribution < 1.29 is 4.79 Å². The number of hydrogen-bond acceptors (Lipinski definition) is 2. The Balaban J connectivity index is 0.00000364. The fourth-order valence-electron chi connectivity index (χ4n) is 2.65. The van der Waals surface area contributed by atoms with Crippen LogP contribution >= 0.6 is 24.0 Å². The molecular weight excluding hydrogens is 451 g/mol. The van der Waals surface area contributed by atoms with Crippen LogP contribution in [0, 0.1) is 5.92 Å². The van der Waals surface area contributed by atoms with Crippen LogP contribution in [0.1, 0.15) is 32.4 Å². The van der Waals surface area contributed by atoms with Crippen LogP contribution in [0.5, 0.6) is 0 Å². The van der Waals surface area contributed by atoms with E-state index in [1.807, 2.05) is 6.07 Å². The van der Waals surface area contributed by atoms with Gasteiger partial charge in [-0.15, -0.1) is 24.0 Å². The number of halogens is 1. The number of nitrogens with zero attached hydrogens (tertiary/aromatic N) is 2. The molecule has 0 aliphatic heterocycles. The quantitative estimate of drug-likeness (QED) is 0.374. The fraction of sp³-hybridized carbons (Fsp3) is 0.429. The molecule has 0 fully saturated rings. The molecule has 0 bridgehead atoms. The van der Waals surface area contributed by atoms with Crippen LogP contribution in [0.3, 0.4) is 0 Å². The highest BCUT2D eigenvalue weighted by molar-refractivity contribution is 14.0. The van der Waals surface area contributed by atoms with Crippen molar-refractivity contribution >= 4 is 46.6 Å². The number of hydrogen-bond donors (Lipinski definition) is 2. The maximum absolute atomic E-state index is 11.9. The lowest BCUT2D eigenvalue weighted by Crippen LogP contribution is -2.41. The van der Waals surface area contributed by atoms with Crippen LogP contribution in [-0.4, -0.2) is 44.0 Å². The highest BCUT2D eigenvalue weighted by Crippen LogP contribution is 2.23. The minimum absolute atomic E-state index is 0. The molecule has 148 valence electrons. The van der Waals surface area contributed by atoms with Crippen molar-refractivity contribution in [1.82, 2.24) is 15.5 Å². The van der Waals surface area contributed by atoms with Gasteiger partial charge in [0.25, 0.3) is 0 Å². The second-order valence-electron chi connectivity index (χ2n) is 7.16. The Morgan fingerprint density at radius 1 is 1.07 bits per heavy atom. The minimum atomic E-state index is -0.0199. The number of nitrogens with one attached hydrogen (secondary N) is 2. The monoisotopic (exact) mass is 482 g/mol. The van der Waals surface area contributed by atoms with E-state index in [4.69, 9.17) is 0 Å². The first-order valence-electron chi connectivity index (χ1n) is 9.11. The zero-order valence-electron chi connectivity index (χ0n) is 16.8. The molecule has 0 spiro atoms. The van der Waals surface area contributed by atoms with Crippen LogP contribution in [0.2, 0.25) is 0 Å². The predicted molar refractivity (Wildman–Crippen MR) is 125 cm³/mol. The van der Waals surface area contributed by atoms with Crippen LogP contribution < -0.4 is 10.6 Å². The Labute approximate surface area is 179 Å². The van der Waals surface area contributed by atoms with E-state index in [0.717, 1.165) is 6.54 Å². The number of guanidine groups is 1. The summed E-state index contributed by atoms with van der Waals surface area (Å²) in [6.45, 7) is 7.32. The molecule has 2 rings (SSSR count). The van der Waals surface area contributed by atoms with Gasteiger partial charge in [0.15, 0.2) is 5.96 Å². The van der Waals surface area contributed by atoms with E-state index in [-0.39, 0.29) is 42.5 Å². The summed E-state index contributed by atoms with van der Waals surface area (Å²) >= 11 is 0. The van der Waals surface area contributed by atoms with Crippen molar-refractivity contribution in [3.05, 3.63) is 48.0 Å². The average molecular weight is 482 g/mol. The molecule has 0 heterocycles. The molecule has 0 radical (unpaired) electrons. The molecule has 0 aromatic heterocycles. The van der Waals surface area contributed by atoms with Gasteiger partial charge in [-0.05, 0) is 29.2 Å². The molecule has 2 N–H and O–H groups in total. The van der Waals surface area contributed by atoms with E-state index in [1.54, 1.807) is 19.0 Å². The van der Waals surface area contributed by atoms with Crippen LogP contribution in [0.4, 0.5) is 0 Å². The average Bonchev–Trinajstić information content (AvgIpc) is 2.62. The number of amides is 1. The normalized spacial score (nSPS) is 12.4. The summed E-state index contributed by atoms with van der Waals surface area (Å²) in [5.41, 5.74) is 1.21. The zero-order valence-corrected chi connectivity index (χ0v) is 19.2. The molecule has 2 aromatic carbocycles. The van der Waals surface area contributed by atoms with Gasteiger partial charge in [0.1, 0.15) is 6.54 Å². The van der Waals surface area contributed by atoms with E-state index in [2.05, 4.69) is 72.8 Å². The fourth-order valence-corrected chi connectivity index (χ4v) is 2.65. The van der Waals surface area contributed by atoms with Gasteiger partial charge in [0, 0.05) is 20.6 Å². The summed E-state index contributed by atoms with van der Waals surface area (Å²) in [5.74, 6) is 1.13. The van der Waals surface area contributed by atoms with Crippen molar-refractivity contribution in [3.8, 4) is 0 Å². The van der Waals surface area contributed by atoms with Crippen molar-refractivity contribution in [2.24, 2.45) is 10.9 Å². The number of likely N-dealkylation sites (N-methyl/N-ethyl adjacent to an activating group) is 1. The SMILES string of the molecule is CC(C)CNC(=NCC(=O)N(C)C)NC(C)c1cccc2ccccc12.I. The molecule has 1 amide bonds. The highest BCUT2D eigenvalue weighted by atomic mass is 127. The molecule has 27 heavy (non-hydrogen) atoms. The van der Waals surface area contributed by atoms with Gasteiger partial charge in [0.2, 0.25) is 5.91 Å². The lowest BCUT2D eigenvalue weighted by atomic mass is 10.00. The lowest BCUT2D eigenvalue weighted by Gasteiger charge is -2.21. The molecule has 6 heteroatoms.